The molecule has 3 aromatic rings. The summed E-state index contributed by atoms with van der Waals surface area (Å²) >= 11 is 0. The summed E-state index contributed by atoms with van der Waals surface area (Å²) < 4.78 is 29.0. The third-order valence-electron chi connectivity index (χ3n) is 4.65. The Balaban J connectivity index is 1.58. The molecule has 144 valence electrons. The van der Waals surface area contributed by atoms with Gasteiger partial charge in [0.1, 0.15) is 11.6 Å². The summed E-state index contributed by atoms with van der Waals surface area (Å²) in [6, 6.07) is 5.25. The number of hydrogen-bond acceptors (Lipinski definition) is 7. The van der Waals surface area contributed by atoms with Crippen LogP contribution in [0.5, 0.6) is 5.75 Å². The molecule has 0 aliphatic heterocycles. The molecule has 8 heteroatoms. The van der Waals surface area contributed by atoms with E-state index in [0.717, 1.165) is 24.6 Å². The monoisotopic (exact) mass is 384 g/mol. The number of aromatic nitrogens is 2. The number of benzene rings is 1. The average molecular weight is 384 g/mol. The number of halogens is 1. The van der Waals surface area contributed by atoms with Crippen molar-refractivity contribution in [2.75, 3.05) is 13.7 Å². The lowest BCUT2D eigenvalue weighted by Crippen LogP contribution is -2.16. The number of ketones is 1. The zero-order chi connectivity index (χ0) is 19.8. The van der Waals surface area contributed by atoms with E-state index >= 15 is 0 Å². The summed E-state index contributed by atoms with van der Waals surface area (Å²) in [7, 11) is 1.37. The highest BCUT2D eigenvalue weighted by Crippen LogP contribution is 2.40. The van der Waals surface area contributed by atoms with Crippen molar-refractivity contribution >= 4 is 22.9 Å². The van der Waals surface area contributed by atoms with Crippen LogP contribution in [-0.2, 0) is 4.74 Å². The predicted octanol–water partition coefficient (Wildman–Crippen LogP) is 3.60. The molecule has 0 atom stereocenters. The molecule has 0 N–H and O–H groups in total. The largest absolute Gasteiger partial charge is 0.496 e. The van der Waals surface area contributed by atoms with Crippen molar-refractivity contribution in [2.24, 2.45) is 0 Å². The highest BCUT2D eigenvalue weighted by molar-refractivity contribution is 6.05. The van der Waals surface area contributed by atoms with E-state index in [4.69, 9.17) is 14.0 Å². The van der Waals surface area contributed by atoms with Crippen LogP contribution in [0.4, 0.5) is 4.39 Å². The van der Waals surface area contributed by atoms with Gasteiger partial charge in [0.05, 0.1) is 29.3 Å². The Morgan fingerprint density at radius 3 is 2.75 bits per heavy atom. The maximum atomic E-state index is 13.5. The Kier molecular flexibility index (Phi) is 4.54. The van der Waals surface area contributed by atoms with Crippen molar-refractivity contribution in [1.29, 1.82) is 0 Å². The Hall–Kier alpha value is -3.29. The normalized spacial score (nSPS) is 13.5. The van der Waals surface area contributed by atoms with Crippen LogP contribution in [0.3, 0.4) is 0 Å². The van der Waals surface area contributed by atoms with Gasteiger partial charge in [-0.25, -0.2) is 14.2 Å². The van der Waals surface area contributed by atoms with Crippen molar-refractivity contribution in [3.63, 3.8) is 0 Å². The van der Waals surface area contributed by atoms with Crippen LogP contribution in [0.1, 0.15) is 50.9 Å². The molecule has 1 aromatic carbocycles. The van der Waals surface area contributed by atoms with Crippen molar-refractivity contribution in [2.45, 2.75) is 25.7 Å². The smallest absolute Gasteiger partial charge is 0.339 e. The standard InChI is InChI=1S/C20H17FN2O5/c1-10-18-14(8-15(11-3-4-11)22-19(18)28-23-10)20(25)27-9-16(24)13-7-12(21)5-6-17(13)26-2/h5-8,11H,3-4,9H2,1-2H3. The van der Waals surface area contributed by atoms with Crippen molar-refractivity contribution in [3.8, 4) is 5.75 Å². The molecule has 0 radical (unpaired) electrons. The number of ether oxygens (including phenoxy) is 2. The highest BCUT2D eigenvalue weighted by atomic mass is 19.1. The summed E-state index contributed by atoms with van der Waals surface area (Å²) in [5, 5.41) is 4.33. The molecule has 2 heterocycles. The fourth-order valence-corrected chi connectivity index (χ4v) is 3.05. The predicted molar refractivity (Wildman–Crippen MR) is 96.1 cm³/mol. The first-order chi connectivity index (χ1) is 13.5. The van der Waals surface area contributed by atoms with Crippen LogP contribution in [0.15, 0.2) is 28.8 Å². The number of pyridine rings is 1. The van der Waals surface area contributed by atoms with Crippen LogP contribution in [0.2, 0.25) is 0 Å². The van der Waals surface area contributed by atoms with E-state index in [1.165, 1.54) is 19.2 Å². The zero-order valence-corrected chi connectivity index (χ0v) is 15.3. The molecule has 4 rings (SSSR count). The first-order valence-electron chi connectivity index (χ1n) is 8.78. The van der Waals surface area contributed by atoms with E-state index in [9.17, 15) is 14.0 Å². The molecule has 28 heavy (non-hydrogen) atoms. The molecule has 1 fully saturated rings. The van der Waals surface area contributed by atoms with Gasteiger partial charge in [0.15, 0.2) is 6.61 Å². The molecule has 0 unspecified atom stereocenters. The van der Waals surface area contributed by atoms with Gasteiger partial charge >= 0.3 is 5.97 Å². The summed E-state index contributed by atoms with van der Waals surface area (Å²) in [5.74, 6) is -1.34. The van der Waals surface area contributed by atoms with Crippen LogP contribution in [0, 0.1) is 12.7 Å². The lowest BCUT2D eigenvalue weighted by Gasteiger charge is -2.09. The Labute approximate surface area is 159 Å². The number of rotatable bonds is 6. The van der Waals surface area contributed by atoms with Crippen LogP contribution < -0.4 is 4.74 Å². The molecule has 0 bridgehead atoms. The SMILES string of the molecule is COc1ccc(F)cc1C(=O)COC(=O)c1cc(C2CC2)nc2onc(C)c12. The lowest BCUT2D eigenvalue weighted by molar-refractivity contribution is 0.0475. The molecule has 0 amide bonds. The lowest BCUT2D eigenvalue weighted by atomic mass is 10.1. The molecule has 7 nitrogen and oxygen atoms in total. The van der Waals surface area contributed by atoms with E-state index in [1.54, 1.807) is 13.0 Å². The maximum Gasteiger partial charge on any atom is 0.339 e. The summed E-state index contributed by atoms with van der Waals surface area (Å²) in [6.45, 7) is 1.15. The van der Waals surface area contributed by atoms with E-state index in [1.807, 2.05) is 0 Å². The molecule has 0 saturated heterocycles. The molecular formula is C20H17FN2O5. The van der Waals surface area contributed by atoms with E-state index in [-0.39, 0.29) is 22.6 Å². The highest BCUT2D eigenvalue weighted by Gasteiger charge is 2.29. The third-order valence-corrected chi connectivity index (χ3v) is 4.65. The summed E-state index contributed by atoms with van der Waals surface area (Å²) in [4.78, 5) is 29.5. The number of carbonyl (C=O) groups excluding carboxylic acids is 2. The minimum Gasteiger partial charge on any atom is -0.496 e. The van der Waals surface area contributed by atoms with E-state index in [2.05, 4.69) is 10.1 Å². The fourth-order valence-electron chi connectivity index (χ4n) is 3.05. The molecule has 2 aromatic heterocycles. The topological polar surface area (TPSA) is 91.5 Å². The number of carbonyl (C=O) groups is 2. The minimum atomic E-state index is -0.690. The van der Waals surface area contributed by atoms with Crippen molar-refractivity contribution < 1.29 is 28.0 Å². The van der Waals surface area contributed by atoms with Gasteiger partial charge in [-0.2, -0.15) is 0 Å². The molecule has 1 aliphatic carbocycles. The Bertz CT molecular complexity index is 1090. The number of hydrogen-bond donors (Lipinski definition) is 0. The van der Waals surface area contributed by atoms with Gasteiger partial charge in [0.25, 0.3) is 5.71 Å². The molecule has 0 spiro atoms. The second-order valence-corrected chi connectivity index (χ2v) is 6.66. The maximum absolute atomic E-state index is 13.5. The Morgan fingerprint density at radius 1 is 1.25 bits per heavy atom. The number of fused-ring (bicyclic) bond motifs is 1. The number of nitrogens with zero attached hydrogens (tertiary/aromatic N) is 2. The van der Waals surface area contributed by atoms with Crippen molar-refractivity contribution in [3.05, 3.63) is 52.6 Å². The average Bonchev–Trinajstić information content (AvgIpc) is 3.48. The molecule has 1 aliphatic rings. The second-order valence-electron chi connectivity index (χ2n) is 6.66. The first-order valence-corrected chi connectivity index (χ1v) is 8.78. The van der Waals surface area contributed by atoms with Crippen LogP contribution >= 0.6 is 0 Å². The van der Waals surface area contributed by atoms with Crippen LogP contribution in [-0.4, -0.2) is 35.6 Å². The fraction of sp³-hybridized carbons (Fsp3) is 0.300. The third kappa shape index (κ3) is 3.33. The van der Waals surface area contributed by atoms with E-state index < -0.39 is 24.2 Å². The zero-order valence-electron chi connectivity index (χ0n) is 15.3. The van der Waals surface area contributed by atoms with Crippen LogP contribution in [0.25, 0.3) is 11.1 Å². The van der Waals surface area contributed by atoms with Gasteiger partial charge < -0.3 is 14.0 Å². The summed E-state index contributed by atoms with van der Waals surface area (Å²) in [6.07, 6.45) is 2.00. The van der Waals surface area contributed by atoms with Gasteiger partial charge in [-0.05, 0) is 44.0 Å². The summed E-state index contributed by atoms with van der Waals surface area (Å²) in [5.41, 5.74) is 1.79. The number of esters is 1. The molecule has 1 saturated carbocycles. The number of aryl methyl sites for hydroxylation is 1. The van der Waals surface area contributed by atoms with Crippen molar-refractivity contribution in [1.82, 2.24) is 10.1 Å². The van der Waals surface area contributed by atoms with Gasteiger partial charge in [-0.3, -0.25) is 4.79 Å². The quantitative estimate of drug-likeness (QED) is 0.474. The second kappa shape index (κ2) is 7.03. The molecular weight excluding hydrogens is 367 g/mol. The van der Waals surface area contributed by atoms with Gasteiger partial charge in [-0.1, -0.05) is 5.16 Å². The first kappa shape index (κ1) is 18.1. The Morgan fingerprint density at radius 2 is 2.04 bits per heavy atom. The number of methoxy groups -OCH3 is 1. The number of Topliss-reactive ketones (excluding diaryl/α,β-unsaturated/α-hetero) is 1. The van der Waals surface area contributed by atoms with E-state index in [0.29, 0.717) is 17.0 Å². The van der Waals surface area contributed by atoms with Gasteiger partial charge in [-0.15, -0.1) is 0 Å². The van der Waals surface area contributed by atoms with Gasteiger partial charge in [0, 0.05) is 11.6 Å². The minimum absolute atomic E-state index is 0.00926. The van der Waals surface area contributed by atoms with Gasteiger partial charge in [0.2, 0.25) is 5.78 Å².